The van der Waals surface area contributed by atoms with Crippen LogP contribution < -0.4 is 42.0 Å². The maximum absolute atomic E-state index is 4.26. The Morgan fingerprint density at radius 1 is 1.25 bits per heavy atom. The predicted molar refractivity (Wildman–Crippen MR) is 5.85 cm³/mol. The van der Waals surface area contributed by atoms with E-state index in [2.05, 4.69) is 24.8 Å². The number of hydrogen-bond acceptors (Lipinski definition) is 0. The van der Waals surface area contributed by atoms with Crippen molar-refractivity contribution in [1.82, 2.24) is 0 Å². The van der Waals surface area contributed by atoms with Gasteiger partial charge < -0.3 is 12.4 Å². The second kappa shape index (κ2) is 19.6. The molecule has 0 fully saturated rings. The molecule has 0 amide bonds. The van der Waals surface area contributed by atoms with Gasteiger partial charge in [0, 0.05) is 0 Å². The molecule has 0 N–H and O–H groups in total. The summed E-state index contributed by atoms with van der Waals surface area (Å²) < 4.78 is 0. The molecule has 0 saturated heterocycles. The van der Waals surface area contributed by atoms with Crippen LogP contribution in [-0.2, 0) is 14.6 Å². The molecular formula is Cl2NaNi. The summed E-state index contributed by atoms with van der Waals surface area (Å²) in [5.74, 6) is 0. The van der Waals surface area contributed by atoms with Crippen molar-refractivity contribution in [2.24, 2.45) is 0 Å². The Hall–Kier alpha value is 2.07. The van der Waals surface area contributed by atoms with E-state index >= 15 is 0 Å². The van der Waals surface area contributed by atoms with E-state index in [-0.39, 0.29) is 42.0 Å². The first kappa shape index (κ1) is 16.5. The quantitative estimate of drug-likeness (QED) is 0.304. The molecule has 0 spiro atoms. The third-order valence-corrected chi connectivity index (χ3v) is 0. The molecule has 0 aliphatic rings. The molecule has 0 atom stereocenters. The van der Waals surface area contributed by atoms with Crippen LogP contribution in [0.2, 0.25) is 0 Å². The standard InChI is InChI=1S/2ClH.Na.Ni/h2*1H;;/q;;2*+1/p-2. The van der Waals surface area contributed by atoms with Crippen molar-refractivity contribution in [3.63, 3.8) is 0 Å². The van der Waals surface area contributed by atoms with Crippen LogP contribution in [0.4, 0.5) is 0 Å². The molecule has 0 radical (unpaired) electrons. The number of rotatable bonds is 0. The third kappa shape index (κ3) is 8.95. The van der Waals surface area contributed by atoms with Crippen molar-refractivity contribution in [1.29, 1.82) is 0 Å². The van der Waals surface area contributed by atoms with Gasteiger partial charge in [-0.2, -0.15) is 0 Å². The van der Waals surface area contributed by atoms with Crippen LogP contribution in [-0.4, -0.2) is 0 Å². The van der Waals surface area contributed by atoms with Crippen molar-refractivity contribution in [2.45, 2.75) is 0 Å². The molecule has 0 aromatic heterocycles. The first-order chi connectivity index (χ1) is 1.00. The van der Waals surface area contributed by atoms with E-state index in [4.69, 9.17) is 0 Å². The van der Waals surface area contributed by atoms with Gasteiger partial charge in [0.05, 0.1) is 0 Å². The molecule has 0 heterocycles. The van der Waals surface area contributed by atoms with Crippen LogP contribution >= 0.6 is 10.2 Å². The van der Waals surface area contributed by atoms with Crippen molar-refractivity contribution in [2.75, 3.05) is 0 Å². The Balaban J connectivity index is -0.00000000500. The molecule has 0 unspecified atom stereocenters. The van der Waals surface area contributed by atoms with Gasteiger partial charge in [-0.25, -0.2) is 0 Å². The molecule has 25 valence electrons. The zero-order valence-corrected chi connectivity index (χ0v) is 6.57. The van der Waals surface area contributed by atoms with Crippen molar-refractivity contribution in [3.05, 3.63) is 0 Å². The van der Waals surface area contributed by atoms with Crippen molar-refractivity contribution >= 4 is 10.2 Å². The van der Waals surface area contributed by atoms with Gasteiger partial charge in [-0.1, -0.05) is 0 Å². The molecule has 0 bridgehead atoms. The summed E-state index contributed by atoms with van der Waals surface area (Å²) in [5.41, 5.74) is 0. The molecule has 4 heteroatoms. The number of hydrogen-bond donors (Lipinski definition) is 0. The zero-order valence-electron chi connectivity index (χ0n) is 2.07. The van der Waals surface area contributed by atoms with Crippen molar-refractivity contribution in [3.8, 4) is 0 Å². The van der Waals surface area contributed by atoms with Gasteiger partial charge in [-0.05, 0) is 0 Å². The summed E-state index contributed by atoms with van der Waals surface area (Å²) in [6, 6.07) is 0. The summed E-state index contributed by atoms with van der Waals surface area (Å²) >= 11 is 3.35. The maximum atomic E-state index is 4.26. The molecule has 0 aromatic carbocycles. The van der Waals surface area contributed by atoms with E-state index in [1.807, 2.05) is 0 Å². The van der Waals surface area contributed by atoms with E-state index in [9.17, 15) is 0 Å². The average molecular weight is 153 g/mol. The fraction of sp³-hybridized carbons (Fsp3) is 0. The summed E-state index contributed by atoms with van der Waals surface area (Å²) in [6.45, 7) is 0. The smallest absolute Gasteiger partial charge is 1.00 e. The van der Waals surface area contributed by atoms with Gasteiger partial charge in [-0.3, -0.25) is 0 Å². The summed E-state index contributed by atoms with van der Waals surface area (Å²) in [7, 11) is 4.26. The monoisotopic (exact) mass is 151 g/mol. The van der Waals surface area contributed by atoms with E-state index in [0.717, 1.165) is 0 Å². The van der Waals surface area contributed by atoms with Crippen LogP contribution in [0.1, 0.15) is 0 Å². The minimum absolute atomic E-state index is 0. The topological polar surface area (TPSA) is 0 Å². The van der Waals surface area contributed by atoms with Gasteiger partial charge in [0.15, 0.2) is 0 Å². The van der Waals surface area contributed by atoms with Gasteiger partial charge in [0.2, 0.25) is 0 Å². The van der Waals surface area contributed by atoms with E-state index < -0.39 is 0 Å². The van der Waals surface area contributed by atoms with Gasteiger partial charge in [0.25, 0.3) is 0 Å². The molecule has 0 aliphatic heterocycles. The predicted octanol–water partition coefficient (Wildman–Crippen LogP) is -5.30. The normalized spacial score (nSPS) is 1.75. The maximum Gasteiger partial charge on any atom is 1.00 e. The fourth-order valence-electron chi connectivity index (χ4n) is 0. The Morgan fingerprint density at radius 3 is 1.25 bits per heavy atom. The molecular weight excluding hydrogens is 153 g/mol. The van der Waals surface area contributed by atoms with Crippen LogP contribution in [0.15, 0.2) is 0 Å². The van der Waals surface area contributed by atoms with E-state index in [0.29, 0.717) is 0 Å². The van der Waals surface area contributed by atoms with Gasteiger partial charge >= 0.3 is 54.3 Å². The minimum Gasteiger partial charge on any atom is 1.00 e. The summed E-state index contributed by atoms with van der Waals surface area (Å²) in [6.07, 6.45) is 0. The molecule has 4 heavy (non-hydrogen) atoms. The Morgan fingerprint density at radius 2 is 1.25 bits per heavy atom. The number of halogens is 2. The van der Waals surface area contributed by atoms with E-state index in [1.165, 1.54) is 0 Å². The molecule has 0 rings (SSSR count). The summed E-state index contributed by atoms with van der Waals surface area (Å²) in [5, 5.41) is 0. The minimum atomic E-state index is 0. The molecule has 0 nitrogen and oxygen atoms in total. The van der Waals surface area contributed by atoms with Crippen molar-refractivity contribution < 1.29 is 56.5 Å². The molecule has 0 aliphatic carbocycles. The summed E-state index contributed by atoms with van der Waals surface area (Å²) in [4.78, 5) is 0. The largest absolute Gasteiger partial charge is 1.00 e. The third-order valence-electron chi connectivity index (χ3n) is 0. The van der Waals surface area contributed by atoms with E-state index in [1.54, 1.807) is 0 Å². The SMILES string of the molecule is [Cl-].[Cl][Ni].[Na+]. The molecule has 0 saturated carbocycles. The Labute approximate surface area is 66.0 Å². The van der Waals surface area contributed by atoms with Gasteiger partial charge in [-0.15, -0.1) is 0 Å². The Bertz CT molecular complexity index is 6.00. The van der Waals surface area contributed by atoms with Crippen LogP contribution in [0.3, 0.4) is 0 Å². The Kier molecular flexibility index (Phi) is 81.0. The second-order valence-electron chi connectivity index (χ2n) is 0. The van der Waals surface area contributed by atoms with Crippen LogP contribution in [0.25, 0.3) is 0 Å². The first-order valence-corrected chi connectivity index (χ1v) is 1.48. The first-order valence-electron chi connectivity index (χ1n) is 0.120. The van der Waals surface area contributed by atoms with Crippen LogP contribution in [0.5, 0.6) is 0 Å². The second-order valence-corrected chi connectivity index (χ2v) is 0. The van der Waals surface area contributed by atoms with Gasteiger partial charge in [0.1, 0.15) is 0 Å². The average Bonchev–Trinajstić information content (AvgIpc) is 1.00. The zero-order chi connectivity index (χ0) is 2.00. The molecule has 0 aromatic rings. The fourth-order valence-corrected chi connectivity index (χ4v) is 0. The van der Waals surface area contributed by atoms with Crippen LogP contribution in [0, 0.1) is 0 Å².